The molecule has 470 valence electrons. The molecule has 2 saturated heterocycles. The Bertz CT molecular complexity index is 4130. The number of likely N-dealkylation sites (N-methyl/N-ethyl adjacent to an activating group) is 1. The number of phenols is 1. The van der Waals surface area contributed by atoms with Gasteiger partial charge in [-0.15, -0.1) is 0 Å². The van der Waals surface area contributed by atoms with Crippen LogP contribution in [-0.2, 0) is 0 Å². The Morgan fingerprint density at radius 1 is 0.589 bits per heavy atom. The van der Waals surface area contributed by atoms with Crippen molar-refractivity contribution in [3.05, 3.63) is 235 Å². The van der Waals surface area contributed by atoms with Crippen LogP contribution in [0.25, 0.3) is 44.1 Å². The largest absolute Gasteiger partial charge is 0.508 e. The van der Waals surface area contributed by atoms with Crippen molar-refractivity contribution in [3.63, 3.8) is 0 Å². The van der Waals surface area contributed by atoms with Gasteiger partial charge >= 0.3 is 11.4 Å². The van der Waals surface area contributed by atoms with E-state index in [1.807, 2.05) is 146 Å². The molecular weight excluding hydrogens is 1150 g/mol. The van der Waals surface area contributed by atoms with E-state index in [0.717, 1.165) is 133 Å². The number of fused-ring (bicyclic) bond motifs is 3. The van der Waals surface area contributed by atoms with E-state index in [4.69, 9.17) is 16.3 Å². The number of allylic oxidation sites excluding steroid dienone is 1. The molecule has 2 fully saturated rings. The number of H-pyrrole nitrogens is 3. The van der Waals surface area contributed by atoms with E-state index in [1.54, 1.807) is 18.2 Å². The Hall–Kier alpha value is -8.93. The van der Waals surface area contributed by atoms with Crippen molar-refractivity contribution in [2.45, 2.75) is 72.4 Å². The van der Waals surface area contributed by atoms with Gasteiger partial charge in [-0.05, 0) is 173 Å². The summed E-state index contributed by atoms with van der Waals surface area (Å²) in [7, 11) is 4.08. The summed E-state index contributed by atoms with van der Waals surface area (Å²) in [5.74, 6) is 1.03. The number of hydrogen-bond donors (Lipinski definition) is 6. The molecule has 0 spiro atoms. The van der Waals surface area contributed by atoms with Crippen molar-refractivity contribution < 1.29 is 19.4 Å². The van der Waals surface area contributed by atoms with E-state index in [-0.39, 0.29) is 48.5 Å². The van der Waals surface area contributed by atoms with Gasteiger partial charge in [-0.1, -0.05) is 122 Å². The Kier molecular flexibility index (Phi) is 22.6. The number of piperidine rings is 2. The highest BCUT2D eigenvalue weighted by Crippen LogP contribution is 2.36. The van der Waals surface area contributed by atoms with E-state index < -0.39 is 0 Å². The standard InChI is InChI=1S/C26H29NO2.C24H27N5O2.C22H25ClN4O2.CH4/c1-4-25(20-8-6-5-7-9-20)26(21-10-14-23(28)15-11-21)22-12-16-24(17-13-22)29-19-18-27(2)3;1-16-6-7-19-17(14-16)15-21(26-19)23(30)25-10-13-28-11-8-18(9-12-28)29-22-5-3-2-4-20(22)27-24(29)31;1-15-2-4-16(5-3-15)21(28)24-10-13-26-11-8-18(9-12-26)27-20-7-6-17(23)14-19(20)25-22(27)29;/h5-17,28H,4,18-19H2,1-3H3;2-7,14-15,18,26H,8-13H2,1H3,(H,25,30)(H,27,31);2-7,14,18H,8-13H2,1H3,(H,24,28)(H,25,29);1H4/b26-25-;;;. The predicted molar refractivity (Wildman–Crippen MR) is 366 cm³/mol. The van der Waals surface area contributed by atoms with Gasteiger partial charge in [0, 0.05) is 92.5 Å². The highest BCUT2D eigenvalue weighted by atomic mass is 35.5. The normalized spacial score (nSPS) is 14.3. The van der Waals surface area contributed by atoms with Crippen molar-refractivity contribution in [3.8, 4) is 11.5 Å². The molecule has 2 aliphatic rings. The number of aryl methyl sites for hydroxylation is 2. The second kappa shape index (κ2) is 31.0. The molecule has 17 heteroatoms. The van der Waals surface area contributed by atoms with E-state index in [0.29, 0.717) is 36.0 Å². The van der Waals surface area contributed by atoms with Gasteiger partial charge in [-0.2, -0.15) is 0 Å². The number of nitrogens with one attached hydrogen (secondary N) is 5. The van der Waals surface area contributed by atoms with E-state index in [1.165, 1.54) is 22.3 Å². The fourth-order valence-electron chi connectivity index (χ4n) is 12.0. The van der Waals surface area contributed by atoms with Gasteiger partial charge < -0.3 is 50.1 Å². The molecule has 7 aromatic carbocycles. The predicted octanol–water partition coefficient (Wildman–Crippen LogP) is 12.9. The first-order valence-electron chi connectivity index (χ1n) is 30.9. The van der Waals surface area contributed by atoms with E-state index in [2.05, 4.69) is 89.7 Å². The maximum atomic E-state index is 12.5. The summed E-state index contributed by atoms with van der Waals surface area (Å²) in [4.78, 5) is 65.4. The van der Waals surface area contributed by atoms with Crippen LogP contribution in [0.2, 0.25) is 5.02 Å². The lowest BCUT2D eigenvalue weighted by Crippen LogP contribution is -2.41. The van der Waals surface area contributed by atoms with Crippen LogP contribution in [0.3, 0.4) is 0 Å². The van der Waals surface area contributed by atoms with Gasteiger partial charge in [0.25, 0.3) is 11.8 Å². The number of para-hydroxylation sites is 2. The Balaban J connectivity index is 0.000000159. The number of carbonyl (C=O) groups excluding carboxylic acids is 2. The number of aromatic amines is 3. The number of halogens is 1. The monoisotopic (exact) mass is 1230 g/mol. The molecule has 0 unspecified atom stereocenters. The molecule has 3 aromatic heterocycles. The highest BCUT2D eigenvalue weighted by Gasteiger charge is 2.26. The molecule has 0 atom stereocenters. The second-order valence-corrected chi connectivity index (χ2v) is 23.8. The molecule has 0 saturated carbocycles. The average Bonchev–Trinajstić information content (AvgIpc) is 1.77. The molecule has 2 amide bonds. The van der Waals surface area contributed by atoms with Gasteiger partial charge in [0.15, 0.2) is 0 Å². The first kappa shape index (κ1) is 65.5. The van der Waals surface area contributed by atoms with E-state index >= 15 is 0 Å². The number of aromatic hydroxyl groups is 1. The summed E-state index contributed by atoms with van der Waals surface area (Å²) in [6, 6.07) is 55.6. The smallest absolute Gasteiger partial charge is 0.326 e. The molecule has 2 aliphatic heterocycles. The Labute approximate surface area is 532 Å². The maximum absolute atomic E-state index is 12.5. The zero-order chi connectivity index (χ0) is 62.4. The highest BCUT2D eigenvalue weighted by molar-refractivity contribution is 6.31. The number of nitrogens with zero attached hydrogens (tertiary/aromatic N) is 5. The summed E-state index contributed by atoms with van der Waals surface area (Å²) >= 11 is 6.03. The van der Waals surface area contributed by atoms with Crippen molar-refractivity contribution in [2.24, 2.45) is 0 Å². The number of rotatable bonds is 18. The summed E-state index contributed by atoms with van der Waals surface area (Å²) < 4.78 is 9.63. The van der Waals surface area contributed by atoms with Crippen LogP contribution in [0.5, 0.6) is 11.5 Å². The molecular formula is C73H85ClN10O6. The number of imidazole rings is 2. The van der Waals surface area contributed by atoms with Gasteiger partial charge in [-0.25, -0.2) is 9.59 Å². The Morgan fingerprint density at radius 3 is 1.74 bits per heavy atom. The molecule has 90 heavy (non-hydrogen) atoms. The lowest BCUT2D eigenvalue weighted by Gasteiger charge is -2.32. The number of amides is 2. The first-order valence-corrected chi connectivity index (χ1v) is 31.3. The number of hydrogen-bond acceptors (Lipinski definition) is 9. The van der Waals surface area contributed by atoms with Crippen LogP contribution in [-0.4, -0.2) is 135 Å². The van der Waals surface area contributed by atoms with Crippen LogP contribution in [0.4, 0.5) is 0 Å². The van der Waals surface area contributed by atoms with Gasteiger partial charge in [-0.3, -0.25) is 18.7 Å². The van der Waals surface area contributed by atoms with Crippen molar-refractivity contribution >= 4 is 67.5 Å². The topological polar surface area (TPSA) is 189 Å². The summed E-state index contributed by atoms with van der Waals surface area (Å²) in [6.45, 7) is 14.2. The summed E-state index contributed by atoms with van der Waals surface area (Å²) in [5, 5.41) is 17.4. The summed E-state index contributed by atoms with van der Waals surface area (Å²) in [6.07, 6.45) is 4.57. The molecule has 10 aromatic rings. The third kappa shape index (κ3) is 16.7. The number of phenolic OH excluding ortho intramolecular Hbond substituents is 1. The minimum Gasteiger partial charge on any atom is -0.508 e. The number of benzene rings is 7. The maximum Gasteiger partial charge on any atom is 0.326 e. The molecule has 16 nitrogen and oxygen atoms in total. The Morgan fingerprint density at radius 2 is 1.13 bits per heavy atom. The number of aromatic nitrogens is 5. The van der Waals surface area contributed by atoms with Crippen molar-refractivity contribution in [1.82, 2.24) is 49.4 Å². The minimum atomic E-state index is -0.0777. The quantitative estimate of drug-likeness (QED) is 0.0454. The number of carbonyl (C=O) groups is 2. The fraction of sp³-hybridized carbons (Fsp3) is 0.315. The lowest BCUT2D eigenvalue weighted by atomic mass is 9.88. The fourth-order valence-corrected chi connectivity index (χ4v) is 12.2. The molecule has 5 heterocycles. The second-order valence-electron chi connectivity index (χ2n) is 23.4. The third-order valence-corrected chi connectivity index (χ3v) is 17.0. The molecule has 6 N–H and O–H groups in total. The van der Waals surface area contributed by atoms with Crippen molar-refractivity contribution in [2.75, 3.05) is 79.6 Å². The first-order chi connectivity index (χ1) is 43.2. The SMILES string of the molecule is C.CC/C(=C(\c1ccc(O)cc1)c1ccc(OCCN(C)C)cc1)c1ccccc1.Cc1ccc(C(=O)NCCN2CCC(n3c(=O)[nH]c4cc(Cl)ccc43)CC2)cc1.Cc1ccc2[nH]c(C(=O)NCCN3CCC(n4c(=O)[nH]c5ccccc54)CC3)cc2c1. The van der Waals surface area contributed by atoms with Crippen LogP contribution < -0.4 is 26.7 Å². The zero-order valence-corrected chi connectivity index (χ0v) is 52.3. The molecule has 0 aliphatic carbocycles. The number of likely N-dealkylation sites (tertiary alicyclic amines) is 2. The number of ether oxygens (including phenoxy) is 1. The lowest BCUT2D eigenvalue weighted by molar-refractivity contribution is 0.0934. The van der Waals surface area contributed by atoms with Gasteiger partial charge in [0.05, 0.1) is 22.1 Å². The van der Waals surface area contributed by atoms with Gasteiger partial charge in [0.1, 0.15) is 23.8 Å². The molecule has 0 radical (unpaired) electrons. The summed E-state index contributed by atoms with van der Waals surface area (Å²) in [5.41, 5.74) is 13.9. The van der Waals surface area contributed by atoms with Gasteiger partial charge in [0.2, 0.25) is 0 Å². The minimum absolute atomic E-state index is 0. The average molecular weight is 1230 g/mol. The van der Waals surface area contributed by atoms with Crippen LogP contribution in [0.15, 0.2) is 179 Å². The molecule has 0 bridgehead atoms. The molecule has 12 rings (SSSR count). The van der Waals surface area contributed by atoms with Crippen LogP contribution >= 0.6 is 11.6 Å². The van der Waals surface area contributed by atoms with E-state index in [9.17, 15) is 24.3 Å². The third-order valence-electron chi connectivity index (χ3n) is 16.8. The van der Waals surface area contributed by atoms with Crippen molar-refractivity contribution in [1.29, 1.82) is 0 Å². The van der Waals surface area contributed by atoms with Crippen LogP contribution in [0.1, 0.15) is 107 Å². The van der Waals surface area contributed by atoms with Crippen LogP contribution in [0, 0.1) is 13.8 Å². The zero-order valence-electron chi connectivity index (χ0n) is 51.5.